The molecular formula is C20H23Cl2NO3. The topological polar surface area (TPSA) is 55.4 Å². The normalized spacial score (nSPS) is 31.7. The lowest BCUT2D eigenvalue weighted by Crippen LogP contribution is -2.47. The summed E-state index contributed by atoms with van der Waals surface area (Å²) in [4.78, 5) is 24.4. The Labute approximate surface area is 163 Å². The highest BCUT2D eigenvalue weighted by atomic mass is 35.5. The van der Waals surface area contributed by atoms with E-state index in [1.807, 2.05) is 0 Å². The average molecular weight is 396 g/mol. The number of carbonyl (C=O) groups excluding carboxylic acids is 2. The molecule has 0 unspecified atom stereocenters. The third-order valence-electron chi connectivity index (χ3n) is 6.25. The van der Waals surface area contributed by atoms with Crippen LogP contribution >= 0.6 is 23.2 Å². The van der Waals surface area contributed by atoms with Gasteiger partial charge in [0.25, 0.3) is 5.91 Å². The molecule has 4 saturated carbocycles. The lowest BCUT2D eigenvalue weighted by atomic mass is 9.49. The van der Waals surface area contributed by atoms with Gasteiger partial charge in [-0.05, 0) is 79.9 Å². The van der Waals surface area contributed by atoms with Crippen molar-refractivity contribution in [2.24, 2.45) is 23.2 Å². The maximum atomic E-state index is 12.4. The van der Waals surface area contributed by atoms with E-state index in [1.165, 1.54) is 19.3 Å². The largest absolute Gasteiger partial charge is 0.456 e. The van der Waals surface area contributed by atoms with Gasteiger partial charge in [-0.15, -0.1) is 0 Å². The zero-order chi connectivity index (χ0) is 18.3. The molecule has 0 spiro atoms. The summed E-state index contributed by atoms with van der Waals surface area (Å²) in [6, 6.07) is 4.82. The quantitative estimate of drug-likeness (QED) is 0.706. The molecule has 0 atom stereocenters. The van der Waals surface area contributed by atoms with Crippen LogP contribution < -0.4 is 5.32 Å². The first-order chi connectivity index (χ1) is 12.4. The van der Waals surface area contributed by atoms with Crippen LogP contribution in [-0.2, 0) is 14.3 Å². The first-order valence-electron chi connectivity index (χ1n) is 9.31. The van der Waals surface area contributed by atoms with Crippen LogP contribution in [0, 0.1) is 23.2 Å². The second-order valence-corrected chi connectivity index (χ2v) is 9.27. The van der Waals surface area contributed by atoms with E-state index in [-0.39, 0.29) is 18.0 Å². The molecule has 0 heterocycles. The van der Waals surface area contributed by atoms with E-state index in [4.69, 9.17) is 27.9 Å². The van der Waals surface area contributed by atoms with Crippen molar-refractivity contribution in [1.29, 1.82) is 0 Å². The summed E-state index contributed by atoms with van der Waals surface area (Å²) in [5.41, 5.74) is 0.583. The molecular weight excluding hydrogens is 373 g/mol. The SMILES string of the molecule is O=C(COC(=O)CC12CC3CC(CC(C3)C1)C2)Nc1ccc(Cl)cc1Cl. The van der Waals surface area contributed by atoms with Crippen LogP contribution in [0.3, 0.4) is 0 Å². The molecule has 4 fully saturated rings. The fraction of sp³-hybridized carbons (Fsp3) is 0.600. The van der Waals surface area contributed by atoms with Crippen molar-refractivity contribution in [2.45, 2.75) is 44.9 Å². The van der Waals surface area contributed by atoms with E-state index in [0.29, 0.717) is 22.2 Å². The fourth-order valence-corrected chi connectivity index (χ4v) is 6.24. The molecule has 1 amide bonds. The minimum absolute atomic E-state index is 0.127. The number of hydrogen-bond acceptors (Lipinski definition) is 3. The molecule has 4 aliphatic carbocycles. The number of nitrogens with one attached hydrogen (secondary N) is 1. The lowest BCUT2D eigenvalue weighted by molar-refractivity contribution is -0.154. The third-order valence-corrected chi connectivity index (χ3v) is 6.80. The summed E-state index contributed by atoms with van der Waals surface area (Å²) in [5.74, 6) is 1.73. The monoisotopic (exact) mass is 395 g/mol. The molecule has 26 heavy (non-hydrogen) atoms. The van der Waals surface area contributed by atoms with Crippen molar-refractivity contribution >= 4 is 40.8 Å². The number of benzene rings is 1. The van der Waals surface area contributed by atoms with Crippen LogP contribution in [0.5, 0.6) is 0 Å². The Balaban J connectivity index is 1.28. The molecule has 4 bridgehead atoms. The smallest absolute Gasteiger partial charge is 0.306 e. The number of amides is 1. The average Bonchev–Trinajstić information content (AvgIpc) is 2.54. The molecule has 1 aromatic carbocycles. The third kappa shape index (κ3) is 3.86. The number of halogens is 2. The molecule has 0 aromatic heterocycles. The standard InChI is InChI=1S/C20H23Cl2NO3/c21-15-1-2-17(16(22)6-15)23-18(24)11-26-19(25)10-20-7-12-3-13(8-20)5-14(4-12)9-20/h1-2,6,12-14H,3-5,7-11H2,(H,23,24). The molecule has 0 radical (unpaired) electrons. The number of ether oxygens (including phenoxy) is 1. The van der Waals surface area contributed by atoms with Gasteiger partial charge in [0.15, 0.2) is 6.61 Å². The maximum absolute atomic E-state index is 12.4. The number of anilines is 1. The fourth-order valence-electron chi connectivity index (χ4n) is 5.79. The van der Waals surface area contributed by atoms with E-state index >= 15 is 0 Å². The summed E-state index contributed by atoms with van der Waals surface area (Å²) < 4.78 is 5.26. The second-order valence-electron chi connectivity index (χ2n) is 8.43. The minimum atomic E-state index is -0.395. The van der Waals surface area contributed by atoms with Gasteiger partial charge in [-0.1, -0.05) is 23.2 Å². The molecule has 1 N–H and O–H groups in total. The van der Waals surface area contributed by atoms with E-state index in [0.717, 1.165) is 37.0 Å². The van der Waals surface area contributed by atoms with Crippen LogP contribution in [0.2, 0.25) is 10.0 Å². The van der Waals surface area contributed by atoms with Crippen molar-refractivity contribution in [1.82, 2.24) is 0 Å². The van der Waals surface area contributed by atoms with E-state index < -0.39 is 5.91 Å². The van der Waals surface area contributed by atoms with Gasteiger partial charge in [-0.3, -0.25) is 9.59 Å². The Morgan fingerprint density at radius 3 is 2.27 bits per heavy atom. The van der Waals surface area contributed by atoms with Crippen molar-refractivity contribution in [2.75, 3.05) is 11.9 Å². The van der Waals surface area contributed by atoms with Gasteiger partial charge < -0.3 is 10.1 Å². The summed E-state index contributed by atoms with van der Waals surface area (Å²) in [6.45, 7) is -0.288. The molecule has 6 heteroatoms. The summed E-state index contributed by atoms with van der Waals surface area (Å²) >= 11 is 11.9. The van der Waals surface area contributed by atoms with Crippen LogP contribution in [0.1, 0.15) is 44.9 Å². The molecule has 1 aromatic rings. The Morgan fingerprint density at radius 1 is 1.08 bits per heavy atom. The Hall–Kier alpha value is -1.26. The molecule has 4 nitrogen and oxygen atoms in total. The Bertz CT molecular complexity index is 698. The van der Waals surface area contributed by atoms with Gasteiger partial charge in [0.05, 0.1) is 17.1 Å². The van der Waals surface area contributed by atoms with Gasteiger partial charge >= 0.3 is 5.97 Å². The van der Waals surface area contributed by atoms with Crippen molar-refractivity contribution < 1.29 is 14.3 Å². The zero-order valence-corrected chi connectivity index (χ0v) is 16.1. The van der Waals surface area contributed by atoms with Crippen LogP contribution in [0.4, 0.5) is 5.69 Å². The molecule has 140 valence electrons. The first kappa shape index (κ1) is 18.1. The highest BCUT2D eigenvalue weighted by Gasteiger charge is 2.51. The lowest BCUT2D eigenvalue weighted by Gasteiger charge is -2.56. The molecule has 4 aliphatic rings. The van der Waals surface area contributed by atoms with Crippen molar-refractivity contribution in [3.05, 3.63) is 28.2 Å². The Morgan fingerprint density at radius 2 is 1.69 bits per heavy atom. The minimum Gasteiger partial charge on any atom is -0.456 e. The van der Waals surface area contributed by atoms with Gasteiger partial charge in [-0.2, -0.15) is 0 Å². The van der Waals surface area contributed by atoms with Gasteiger partial charge in [0, 0.05) is 5.02 Å². The van der Waals surface area contributed by atoms with E-state index in [9.17, 15) is 9.59 Å². The summed E-state index contributed by atoms with van der Waals surface area (Å²) in [5, 5.41) is 3.49. The number of rotatable bonds is 5. The van der Waals surface area contributed by atoms with E-state index in [1.54, 1.807) is 18.2 Å². The summed E-state index contributed by atoms with van der Waals surface area (Å²) in [6.07, 6.45) is 7.95. The predicted octanol–water partition coefficient (Wildman–Crippen LogP) is 5.08. The van der Waals surface area contributed by atoms with Gasteiger partial charge in [0.2, 0.25) is 0 Å². The highest BCUT2D eigenvalue weighted by Crippen LogP contribution is 2.61. The number of carbonyl (C=O) groups is 2. The van der Waals surface area contributed by atoms with Crippen molar-refractivity contribution in [3.63, 3.8) is 0 Å². The highest BCUT2D eigenvalue weighted by molar-refractivity contribution is 6.36. The van der Waals surface area contributed by atoms with Crippen LogP contribution in [0.15, 0.2) is 18.2 Å². The zero-order valence-electron chi connectivity index (χ0n) is 14.6. The molecule has 0 saturated heterocycles. The Kier molecular flexibility index (Phi) is 4.91. The summed E-state index contributed by atoms with van der Waals surface area (Å²) in [7, 11) is 0. The van der Waals surface area contributed by atoms with Gasteiger partial charge in [-0.25, -0.2) is 0 Å². The maximum Gasteiger partial charge on any atom is 0.306 e. The van der Waals surface area contributed by atoms with Crippen molar-refractivity contribution in [3.8, 4) is 0 Å². The predicted molar refractivity (Wildman–Crippen MR) is 101 cm³/mol. The molecule has 5 rings (SSSR count). The first-order valence-corrected chi connectivity index (χ1v) is 10.1. The number of esters is 1. The second kappa shape index (κ2) is 7.05. The van der Waals surface area contributed by atoms with Crippen LogP contribution in [-0.4, -0.2) is 18.5 Å². The van der Waals surface area contributed by atoms with Gasteiger partial charge in [0.1, 0.15) is 0 Å². The number of hydrogen-bond donors (Lipinski definition) is 1. The van der Waals surface area contributed by atoms with E-state index in [2.05, 4.69) is 5.32 Å². The van der Waals surface area contributed by atoms with Crippen LogP contribution in [0.25, 0.3) is 0 Å². The molecule has 0 aliphatic heterocycles.